The van der Waals surface area contributed by atoms with E-state index in [9.17, 15) is 9.59 Å². The van der Waals surface area contributed by atoms with Crippen LogP contribution in [0, 0.1) is 0 Å². The van der Waals surface area contributed by atoms with Crippen LogP contribution in [-0.4, -0.2) is 28.5 Å². The molecule has 0 radical (unpaired) electrons. The lowest BCUT2D eigenvalue weighted by Gasteiger charge is -2.10. The van der Waals surface area contributed by atoms with E-state index in [4.69, 9.17) is 4.74 Å². The molecular formula is C16H17N3O3. The maximum atomic E-state index is 12.1. The molecule has 2 aromatic rings. The highest BCUT2D eigenvalue weighted by Crippen LogP contribution is 2.17. The monoisotopic (exact) mass is 299 g/mol. The predicted octanol–water partition coefficient (Wildman–Crippen LogP) is 2.69. The number of benzene rings is 1. The van der Waals surface area contributed by atoms with Crippen molar-refractivity contribution in [2.75, 3.05) is 11.9 Å². The fraction of sp³-hybridized carbons (Fsp3) is 0.250. The van der Waals surface area contributed by atoms with Gasteiger partial charge in [0.15, 0.2) is 0 Å². The minimum absolute atomic E-state index is 0.177. The Labute approximate surface area is 128 Å². The summed E-state index contributed by atoms with van der Waals surface area (Å²) >= 11 is 0. The summed E-state index contributed by atoms with van der Waals surface area (Å²) in [6.45, 7) is 2.38. The van der Waals surface area contributed by atoms with Crippen LogP contribution in [0.2, 0.25) is 0 Å². The van der Waals surface area contributed by atoms with Crippen molar-refractivity contribution in [1.82, 2.24) is 9.97 Å². The lowest BCUT2D eigenvalue weighted by Crippen LogP contribution is -2.17. The Morgan fingerprint density at radius 3 is 2.77 bits per heavy atom. The number of hydrogen-bond donors (Lipinski definition) is 1. The summed E-state index contributed by atoms with van der Waals surface area (Å²) in [4.78, 5) is 31.9. The first kappa shape index (κ1) is 15.6. The number of para-hydroxylation sites is 1. The van der Waals surface area contributed by atoms with Crippen LogP contribution in [0.5, 0.6) is 0 Å². The number of rotatable bonds is 6. The normalized spacial score (nSPS) is 10.0. The van der Waals surface area contributed by atoms with E-state index in [1.807, 2.05) is 6.92 Å². The summed E-state index contributed by atoms with van der Waals surface area (Å²) in [5, 5.41) is 2.66. The van der Waals surface area contributed by atoms with Gasteiger partial charge < -0.3 is 10.1 Å². The molecule has 0 fully saturated rings. The largest absolute Gasteiger partial charge is 0.462 e. The number of anilines is 1. The van der Waals surface area contributed by atoms with Crippen LogP contribution in [0.15, 0.2) is 42.9 Å². The van der Waals surface area contributed by atoms with Crippen molar-refractivity contribution in [2.45, 2.75) is 19.8 Å². The van der Waals surface area contributed by atoms with Crippen LogP contribution in [0.1, 0.15) is 40.6 Å². The highest BCUT2D eigenvalue weighted by atomic mass is 16.5. The van der Waals surface area contributed by atoms with Gasteiger partial charge in [-0.25, -0.2) is 9.78 Å². The quantitative estimate of drug-likeness (QED) is 0.655. The number of unbranched alkanes of at least 4 members (excludes halogenated alkanes) is 1. The first-order valence-corrected chi connectivity index (χ1v) is 7.06. The smallest absolute Gasteiger partial charge is 0.340 e. The number of esters is 1. The molecule has 0 saturated carbocycles. The number of nitrogens with zero attached hydrogens (tertiary/aromatic N) is 2. The summed E-state index contributed by atoms with van der Waals surface area (Å²) in [5.41, 5.74) is 0.882. The summed E-state index contributed by atoms with van der Waals surface area (Å²) in [7, 11) is 0. The number of aromatic nitrogens is 2. The molecule has 6 heteroatoms. The van der Waals surface area contributed by atoms with Crippen LogP contribution < -0.4 is 5.32 Å². The molecule has 1 heterocycles. The van der Waals surface area contributed by atoms with E-state index in [0.717, 1.165) is 12.8 Å². The fourth-order valence-electron chi connectivity index (χ4n) is 1.76. The van der Waals surface area contributed by atoms with Gasteiger partial charge in [-0.3, -0.25) is 9.78 Å². The molecule has 1 amide bonds. The summed E-state index contributed by atoms with van der Waals surface area (Å²) < 4.78 is 5.18. The van der Waals surface area contributed by atoms with Gasteiger partial charge in [0, 0.05) is 12.4 Å². The van der Waals surface area contributed by atoms with E-state index in [0.29, 0.717) is 17.9 Å². The highest BCUT2D eigenvalue weighted by Gasteiger charge is 2.15. The van der Waals surface area contributed by atoms with Gasteiger partial charge in [-0.1, -0.05) is 25.5 Å². The Kier molecular flexibility index (Phi) is 5.59. The second-order valence-electron chi connectivity index (χ2n) is 4.58. The van der Waals surface area contributed by atoms with E-state index in [-0.39, 0.29) is 5.69 Å². The molecule has 1 N–H and O–H groups in total. The molecule has 0 aliphatic carbocycles. The molecule has 0 atom stereocenters. The molecule has 6 nitrogen and oxygen atoms in total. The molecular weight excluding hydrogens is 282 g/mol. The first-order chi connectivity index (χ1) is 10.7. The molecule has 0 spiro atoms. The number of carbonyl (C=O) groups is 2. The zero-order valence-electron chi connectivity index (χ0n) is 12.3. The van der Waals surface area contributed by atoms with Gasteiger partial charge in [0.1, 0.15) is 5.69 Å². The average molecular weight is 299 g/mol. The second-order valence-corrected chi connectivity index (χ2v) is 4.58. The maximum Gasteiger partial charge on any atom is 0.340 e. The van der Waals surface area contributed by atoms with Crippen molar-refractivity contribution in [3.8, 4) is 0 Å². The van der Waals surface area contributed by atoms with Gasteiger partial charge in [-0.05, 0) is 18.6 Å². The van der Waals surface area contributed by atoms with Crippen LogP contribution in [0.4, 0.5) is 5.69 Å². The molecule has 0 saturated heterocycles. The van der Waals surface area contributed by atoms with Crippen molar-refractivity contribution in [2.24, 2.45) is 0 Å². The van der Waals surface area contributed by atoms with Crippen molar-refractivity contribution in [1.29, 1.82) is 0 Å². The second kappa shape index (κ2) is 7.87. The van der Waals surface area contributed by atoms with Crippen LogP contribution in [0.25, 0.3) is 0 Å². The van der Waals surface area contributed by atoms with Gasteiger partial charge in [-0.15, -0.1) is 0 Å². The zero-order valence-corrected chi connectivity index (χ0v) is 12.3. The standard InChI is InChI=1S/C16H17N3O3/c1-2-3-10-22-16(21)12-6-4-5-7-13(12)19-15(20)14-11-17-8-9-18-14/h4-9,11H,2-3,10H2,1H3,(H,19,20). The molecule has 0 aliphatic heterocycles. The predicted molar refractivity (Wildman–Crippen MR) is 81.6 cm³/mol. The molecule has 1 aromatic carbocycles. The zero-order chi connectivity index (χ0) is 15.8. The van der Waals surface area contributed by atoms with Crippen molar-refractivity contribution in [3.63, 3.8) is 0 Å². The Balaban J connectivity index is 2.11. The molecule has 114 valence electrons. The number of ether oxygens (including phenoxy) is 1. The van der Waals surface area contributed by atoms with Gasteiger partial charge >= 0.3 is 5.97 Å². The molecule has 0 unspecified atom stereocenters. The van der Waals surface area contributed by atoms with Crippen LogP contribution in [0.3, 0.4) is 0 Å². The SMILES string of the molecule is CCCCOC(=O)c1ccccc1NC(=O)c1cnccn1. The molecule has 2 rings (SSSR count). The summed E-state index contributed by atoms with van der Waals surface area (Å²) in [6, 6.07) is 6.70. The lowest BCUT2D eigenvalue weighted by atomic mass is 10.1. The van der Waals surface area contributed by atoms with E-state index >= 15 is 0 Å². The van der Waals surface area contributed by atoms with Crippen molar-refractivity contribution >= 4 is 17.6 Å². The van der Waals surface area contributed by atoms with Crippen molar-refractivity contribution in [3.05, 3.63) is 54.1 Å². The Morgan fingerprint density at radius 1 is 1.23 bits per heavy atom. The fourth-order valence-corrected chi connectivity index (χ4v) is 1.76. The minimum Gasteiger partial charge on any atom is -0.462 e. The highest BCUT2D eigenvalue weighted by molar-refractivity contribution is 6.06. The molecule has 0 bridgehead atoms. The maximum absolute atomic E-state index is 12.1. The lowest BCUT2D eigenvalue weighted by molar-refractivity contribution is 0.0501. The Bertz CT molecular complexity index is 644. The van der Waals surface area contributed by atoms with E-state index in [1.54, 1.807) is 24.3 Å². The van der Waals surface area contributed by atoms with Crippen molar-refractivity contribution < 1.29 is 14.3 Å². The first-order valence-electron chi connectivity index (χ1n) is 7.06. The third-order valence-electron chi connectivity index (χ3n) is 2.92. The number of hydrogen-bond acceptors (Lipinski definition) is 5. The number of nitrogens with one attached hydrogen (secondary N) is 1. The Morgan fingerprint density at radius 2 is 2.05 bits per heavy atom. The summed E-state index contributed by atoms with van der Waals surface area (Å²) in [6.07, 6.45) is 6.02. The Hall–Kier alpha value is -2.76. The van der Waals surface area contributed by atoms with E-state index < -0.39 is 11.9 Å². The molecule has 22 heavy (non-hydrogen) atoms. The van der Waals surface area contributed by atoms with Crippen LogP contribution >= 0.6 is 0 Å². The van der Waals surface area contributed by atoms with E-state index in [1.165, 1.54) is 18.6 Å². The topological polar surface area (TPSA) is 81.2 Å². The van der Waals surface area contributed by atoms with Gasteiger partial charge in [0.25, 0.3) is 5.91 Å². The average Bonchev–Trinajstić information content (AvgIpc) is 2.56. The number of amides is 1. The summed E-state index contributed by atoms with van der Waals surface area (Å²) in [5.74, 6) is -0.884. The third-order valence-corrected chi connectivity index (χ3v) is 2.92. The molecule has 0 aliphatic rings. The van der Waals surface area contributed by atoms with E-state index in [2.05, 4.69) is 15.3 Å². The van der Waals surface area contributed by atoms with Gasteiger partial charge in [0.2, 0.25) is 0 Å². The van der Waals surface area contributed by atoms with Gasteiger partial charge in [0.05, 0.1) is 24.1 Å². The molecule has 1 aromatic heterocycles. The van der Waals surface area contributed by atoms with Crippen LogP contribution in [-0.2, 0) is 4.74 Å². The minimum atomic E-state index is -0.455. The third kappa shape index (κ3) is 4.12. The number of carbonyl (C=O) groups excluding carboxylic acids is 2. The van der Waals surface area contributed by atoms with Gasteiger partial charge in [-0.2, -0.15) is 0 Å².